The van der Waals surface area contributed by atoms with Gasteiger partial charge in [-0.1, -0.05) is 37.3 Å². The van der Waals surface area contributed by atoms with E-state index >= 15 is 0 Å². The highest BCUT2D eigenvalue weighted by molar-refractivity contribution is 14.0. The molecular formula is C19H33IN4. The minimum Gasteiger partial charge on any atom is -0.355 e. The van der Waals surface area contributed by atoms with E-state index < -0.39 is 0 Å². The quantitative estimate of drug-likeness (QED) is 0.414. The zero-order valence-electron chi connectivity index (χ0n) is 15.5. The first-order valence-electron chi connectivity index (χ1n) is 8.86. The van der Waals surface area contributed by atoms with E-state index in [-0.39, 0.29) is 30.0 Å². The van der Waals surface area contributed by atoms with Crippen LogP contribution in [0.3, 0.4) is 0 Å². The summed E-state index contributed by atoms with van der Waals surface area (Å²) in [5.41, 5.74) is 1.27. The number of aliphatic imine (C=N–C) groups is 1. The number of nitrogens with one attached hydrogen (secondary N) is 2. The van der Waals surface area contributed by atoms with Crippen LogP contribution in [0.4, 0.5) is 0 Å². The van der Waals surface area contributed by atoms with Gasteiger partial charge in [-0.3, -0.25) is 9.89 Å². The lowest BCUT2D eigenvalue weighted by molar-refractivity contribution is 0.139. The van der Waals surface area contributed by atoms with Gasteiger partial charge >= 0.3 is 0 Å². The maximum atomic E-state index is 4.36. The predicted octanol–water partition coefficient (Wildman–Crippen LogP) is 3.65. The molecule has 5 heteroatoms. The van der Waals surface area contributed by atoms with Crippen LogP contribution in [-0.4, -0.2) is 43.6 Å². The van der Waals surface area contributed by atoms with Gasteiger partial charge in [0, 0.05) is 26.2 Å². The highest BCUT2D eigenvalue weighted by Crippen LogP contribution is 2.17. The SMILES string of the molecule is CN=C(NCC(C)N1CCCC(C)C1)NC(C)c1ccccc1.I. The molecule has 0 amide bonds. The van der Waals surface area contributed by atoms with Crippen LogP contribution in [0.2, 0.25) is 0 Å². The van der Waals surface area contributed by atoms with Gasteiger partial charge in [-0.2, -0.15) is 0 Å². The second-order valence-corrected chi connectivity index (χ2v) is 6.82. The molecule has 0 bridgehead atoms. The van der Waals surface area contributed by atoms with Crippen molar-refractivity contribution < 1.29 is 0 Å². The smallest absolute Gasteiger partial charge is 0.191 e. The molecule has 1 fully saturated rings. The molecule has 136 valence electrons. The average molecular weight is 444 g/mol. The zero-order chi connectivity index (χ0) is 16.7. The van der Waals surface area contributed by atoms with Crippen LogP contribution in [0.15, 0.2) is 35.3 Å². The van der Waals surface area contributed by atoms with E-state index in [4.69, 9.17) is 0 Å². The van der Waals surface area contributed by atoms with E-state index in [1.165, 1.54) is 31.5 Å². The molecule has 3 unspecified atom stereocenters. The van der Waals surface area contributed by atoms with E-state index in [9.17, 15) is 0 Å². The molecule has 0 aliphatic carbocycles. The molecule has 0 spiro atoms. The Morgan fingerprint density at radius 1 is 1.29 bits per heavy atom. The second kappa shape index (κ2) is 10.9. The minimum atomic E-state index is 0. The summed E-state index contributed by atoms with van der Waals surface area (Å²) in [6.07, 6.45) is 2.69. The molecule has 2 N–H and O–H groups in total. The van der Waals surface area contributed by atoms with Crippen molar-refractivity contribution in [2.45, 2.75) is 45.7 Å². The maximum absolute atomic E-state index is 4.36. The number of benzene rings is 1. The van der Waals surface area contributed by atoms with Crippen LogP contribution in [0.1, 0.15) is 45.2 Å². The molecule has 4 nitrogen and oxygen atoms in total. The summed E-state index contributed by atoms with van der Waals surface area (Å²) in [7, 11) is 1.83. The lowest BCUT2D eigenvalue weighted by atomic mass is 9.99. The number of halogens is 1. The molecule has 1 aliphatic heterocycles. The summed E-state index contributed by atoms with van der Waals surface area (Å²) in [6.45, 7) is 10.2. The van der Waals surface area contributed by atoms with Gasteiger partial charge in [0.05, 0.1) is 6.04 Å². The fourth-order valence-electron chi connectivity index (χ4n) is 3.22. The molecule has 1 saturated heterocycles. The lowest BCUT2D eigenvalue weighted by Crippen LogP contribution is -2.48. The first-order valence-corrected chi connectivity index (χ1v) is 8.86. The van der Waals surface area contributed by atoms with E-state index in [1.807, 2.05) is 13.1 Å². The molecule has 1 aromatic carbocycles. The number of hydrogen-bond donors (Lipinski definition) is 2. The van der Waals surface area contributed by atoms with E-state index in [2.05, 4.69) is 65.6 Å². The number of piperidine rings is 1. The highest BCUT2D eigenvalue weighted by atomic mass is 127. The van der Waals surface area contributed by atoms with Crippen LogP contribution < -0.4 is 10.6 Å². The van der Waals surface area contributed by atoms with Crippen LogP contribution in [-0.2, 0) is 0 Å². The minimum absolute atomic E-state index is 0. The number of rotatable bonds is 5. The zero-order valence-corrected chi connectivity index (χ0v) is 17.8. The molecule has 0 radical (unpaired) electrons. The Kier molecular flexibility index (Phi) is 9.66. The number of hydrogen-bond acceptors (Lipinski definition) is 2. The summed E-state index contributed by atoms with van der Waals surface area (Å²) in [5, 5.41) is 6.95. The molecule has 2 rings (SSSR count). The van der Waals surface area contributed by atoms with E-state index in [0.717, 1.165) is 18.4 Å². The molecule has 1 aromatic rings. The van der Waals surface area contributed by atoms with Crippen molar-refractivity contribution in [2.75, 3.05) is 26.7 Å². The molecule has 0 aromatic heterocycles. The van der Waals surface area contributed by atoms with E-state index in [1.54, 1.807) is 0 Å². The summed E-state index contributed by atoms with van der Waals surface area (Å²) in [5.74, 6) is 1.69. The van der Waals surface area contributed by atoms with Gasteiger partial charge in [-0.15, -0.1) is 24.0 Å². The van der Waals surface area contributed by atoms with Gasteiger partial charge in [-0.25, -0.2) is 0 Å². The maximum Gasteiger partial charge on any atom is 0.191 e. The Bertz CT molecular complexity index is 491. The van der Waals surface area contributed by atoms with Gasteiger partial charge in [0.2, 0.25) is 0 Å². The van der Waals surface area contributed by atoms with Crippen LogP contribution in [0.25, 0.3) is 0 Å². The lowest BCUT2D eigenvalue weighted by Gasteiger charge is -2.36. The Morgan fingerprint density at radius 2 is 2.00 bits per heavy atom. The van der Waals surface area contributed by atoms with Crippen molar-refractivity contribution in [3.05, 3.63) is 35.9 Å². The first-order chi connectivity index (χ1) is 11.1. The molecule has 0 saturated carbocycles. The monoisotopic (exact) mass is 444 g/mol. The topological polar surface area (TPSA) is 39.7 Å². The van der Waals surface area contributed by atoms with Crippen LogP contribution in [0, 0.1) is 5.92 Å². The molecule has 3 atom stereocenters. The number of nitrogens with zero attached hydrogens (tertiary/aromatic N) is 2. The van der Waals surface area contributed by atoms with Gasteiger partial charge in [0.25, 0.3) is 0 Å². The number of likely N-dealkylation sites (tertiary alicyclic amines) is 1. The Balaban J connectivity index is 0.00000288. The van der Waals surface area contributed by atoms with Gasteiger partial charge in [0.1, 0.15) is 0 Å². The summed E-state index contributed by atoms with van der Waals surface area (Å²) < 4.78 is 0. The summed E-state index contributed by atoms with van der Waals surface area (Å²) in [6, 6.07) is 11.2. The fraction of sp³-hybridized carbons (Fsp3) is 0.632. The third kappa shape index (κ3) is 6.59. The van der Waals surface area contributed by atoms with Crippen molar-refractivity contribution >= 4 is 29.9 Å². The Labute approximate surface area is 164 Å². The molecular weight excluding hydrogens is 411 g/mol. The van der Waals surface area contributed by atoms with Crippen molar-refractivity contribution in [3.8, 4) is 0 Å². The van der Waals surface area contributed by atoms with Crippen LogP contribution in [0.5, 0.6) is 0 Å². The predicted molar refractivity (Wildman–Crippen MR) is 114 cm³/mol. The summed E-state index contributed by atoms with van der Waals surface area (Å²) in [4.78, 5) is 6.95. The second-order valence-electron chi connectivity index (χ2n) is 6.82. The Hall–Kier alpha value is -0.820. The third-order valence-corrected chi connectivity index (χ3v) is 4.75. The largest absolute Gasteiger partial charge is 0.355 e. The molecule has 1 aliphatic rings. The third-order valence-electron chi connectivity index (χ3n) is 4.75. The fourth-order valence-corrected chi connectivity index (χ4v) is 3.22. The van der Waals surface area contributed by atoms with Gasteiger partial charge in [-0.05, 0) is 44.7 Å². The van der Waals surface area contributed by atoms with Crippen LogP contribution >= 0.6 is 24.0 Å². The molecule has 1 heterocycles. The van der Waals surface area contributed by atoms with Gasteiger partial charge in [0.15, 0.2) is 5.96 Å². The molecule has 24 heavy (non-hydrogen) atoms. The van der Waals surface area contributed by atoms with Crippen molar-refractivity contribution in [1.29, 1.82) is 0 Å². The van der Waals surface area contributed by atoms with Crippen molar-refractivity contribution in [2.24, 2.45) is 10.9 Å². The first kappa shape index (κ1) is 21.2. The van der Waals surface area contributed by atoms with Gasteiger partial charge < -0.3 is 10.6 Å². The standard InChI is InChI=1S/C19H32N4.HI/c1-15-9-8-12-23(14-15)16(2)13-21-19(20-4)22-17(3)18-10-6-5-7-11-18;/h5-7,10-11,15-17H,8-9,12-14H2,1-4H3,(H2,20,21,22);1H. The van der Waals surface area contributed by atoms with E-state index in [0.29, 0.717) is 6.04 Å². The normalized spacial score (nSPS) is 21.5. The summed E-state index contributed by atoms with van der Waals surface area (Å²) >= 11 is 0. The Morgan fingerprint density at radius 3 is 2.62 bits per heavy atom. The van der Waals surface area contributed by atoms with Crippen molar-refractivity contribution in [3.63, 3.8) is 0 Å². The number of guanidine groups is 1. The average Bonchev–Trinajstić information content (AvgIpc) is 2.58. The van der Waals surface area contributed by atoms with Crippen molar-refractivity contribution in [1.82, 2.24) is 15.5 Å². The highest BCUT2D eigenvalue weighted by Gasteiger charge is 2.21.